The van der Waals surface area contributed by atoms with Gasteiger partial charge in [-0.2, -0.15) is 0 Å². The van der Waals surface area contributed by atoms with Crippen molar-refractivity contribution in [1.82, 2.24) is 5.32 Å². The number of amides is 1. The van der Waals surface area contributed by atoms with Gasteiger partial charge in [0.1, 0.15) is 6.54 Å². The first kappa shape index (κ1) is 25.1. The van der Waals surface area contributed by atoms with E-state index in [4.69, 9.17) is 9.47 Å². The summed E-state index contributed by atoms with van der Waals surface area (Å²) in [5.41, 5.74) is 3.15. The second-order valence-corrected chi connectivity index (χ2v) is 9.93. The van der Waals surface area contributed by atoms with Gasteiger partial charge in [0.25, 0.3) is 10.0 Å². The Hall–Kier alpha value is -3.52. The zero-order chi connectivity index (χ0) is 24.9. The molecular formula is C26H30N2O5S. The summed E-state index contributed by atoms with van der Waals surface area (Å²) in [6, 6.07) is 18.6. The fraction of sp³-hybridized carbons (Fsp3) is 0.269. The van der Waals surface area contributed by atoms with Gasteiger partial charge in [0, 0.05) is 0 Å². The molecule has 0 aromatic heterocycles. The van der Waals surface area contributed by atoms with Crippen molar-refractivity contribution < 1.29 is 22.7 Å². The number of nitrogens with one attached hydrogen (secondary N) is 1. The lowest BCUT2D eigenvalue weighted by Crippen LogP contribution is -2.41. The van der Waals surface area contributed by atoms with Crippen molar-refractivity contribution in [2.45, 2.75) is 31.7 Å². The SMILES string of the molecule is COc1ccc(C(C)NC(=O)CN(c2ccc(C)cc2)S(=O)(=O)c2ccc(C)cc2)cc1OC. The van der Waals surface area contributed by atoms with E-state index in [9.17, 15) is 13.2 Å². The van der Waals surface area contributed by atoms with Crippen LogP contribution in [0.5, 0.6) is 11.5 Å². The monoisotopic (exact) mass is 482 g/mol. The average Bonchev–Trinajstić information content (AvgIpc) is 2.82. The maximum atomic E-state index is 13.5. The molecule has 1 atom stereocenters. The molecule has 180 valence electrons. The van der Waals surface area contributed by atoms with Crippen molar-refractivity contribution in [3.8, 4) is 11.5 Å². The van der Waals surface area contributed by atoms with Gasteiger partial charge in [0.2, 0.25) is 5.91 Å². The first-order valence-corrected chi connectivity index (χ1v) is 12.3. The number of anilines is 1. The number of nitrogens with zero attached hydrogens (tertiary/aromatic N) is 1. The van der Waals surface area contributed by atoms with Gasteiger partial charge >= 0.3 is 0 Å². The summed E-state index contributed by atoms with van der Waals surface area (Å²) in [7, 11) is -0.869. The zero-order valence-electron chi connectivity index (χ0n) is 20.0. The fourth-order valence-electron chi connectivity index (χ4n) is 3.49. The molecule has 0 bridgehead atoms. The van der Waals surface area contributed by atoms with Crippen molar-refractivity contribution in [1.29, 1.82) is 0 Å². The largest absolute Gasteiger partial charge is 0.493 e. The van der Waals surface area contributed by atoms with E-state index in [1.165, 1.54) is 0 Å². The molecule has 3 rings (SSSR count). The minimum Gasteiger partial charge on any atom is -0.493 e. The van der Waals surface area contributed by atoms with E-state index in [1.807, 2.05) is 39.0 Å². The molecule has 0 fully saturated rings. The summed E-state index contributed by atoms with van der Waals surface area (Å²) in [5, 5.41) is 2.89. The lowest BCUT2D eigenvalue weighted by atomic mass is 10.1. The number of hydrogen-bond donors (Lipinski definition) is 1. The van der Waals surface area contributed by atoms with Crippen molar-refractivity contribution in [2.24, 2.45) is 0 Å². The zero-order valence-corrected chi connectivity index (χ0v) is 20.8. The Bertz CT molecular complexity index is 1240. The predicted molar refractivity (Wildman–Crippen MR) is 133 cm³/mol. The van der Waals surface area contributed by atoms with E-state index < -0.39 is 15.9 Å². The highest BCUT2D eigenvalue weighted by Crippen LogP contribution is 2.30. The molecule has 3 aromatic carbocycles. The minimum atomic E-state index is -3.96. The summed E-state index contributed by atoms with van der Waals surface area (Å²) in [6.45, 7) is 5.26. The average molecular weight is 483 g/mol. The smallest absolute Gasteiger partial charge is 0.264 e. The molecule has 0 spiro atoms. The van der Waals surface area contributed by atoms with Crippen LogP contribution in [0.2, 0.25) is 0 Å². The highest BCUT2D eigenvalue weighted by molar-refractivity contribution is 7.92. The number of ether oxygens (including phenoxy) is 2. The molecular weight excluding hydrogens is 452 g/mol. The number of rotatable bonds is 9. The highest BCUT2D eigenvalue weighted by Gasteiger charge is 2.27. The number of carbonyl (C=O) groups excluding carboxylic acids is 1. The van der Waals surface area contributed by atoms with Crippen molar-refractivity contribution in [3.63, 3.8) is 0 Å². The van der Waals surface area contributed by atoms with E-state index >= 15 is 0 Å². The Morgan fingerprint density at radius 2 is 1.44 bits per heavy atom. The lowest BCUT2D eigenvalue weighted by Gasteiger charge is -2.25. The highest BCUT2D eigenvalue weighted by atomic mass is 32.2. The molecule has 1 unspecified atom stereocenters. The maximum Gasteiger partial charge on any atom is 0.264 e. The molecule has 0 aliphatic carbocycles. The third kappa shape index (κ3) is 5.69. The Kier molecular flexibility index (Phi) is 7.83. The van der Waals surface area contributed by atoms with Crippen LogP contribution in [-0.2, 0) is 14.8 Å². The summed E-state index contributed by atoms with van der Waals surface area (Å²) in [6.07, 6.45) is 0. The van der Waals surface area contributed by atoms with E-state index in [0.717, 1.165) is 21.0 Å². The number of aryl methyl sites for hydroxylation is 2. The topological polar surface area (TPSA) is 84.9 Å². The van der Waals surface area contributed by atoms with Crippen LogP contribution in [0.25, 0.3) is 0 Å². The van der Waals surface area contributed by atoms with Crippen LogP contribution in [0.1, 0.15) is 29.7 Å². The van der Waals surface area contributed by atoms with Crippen molar-refractivity contribution in [3.05, 3.63) is 83.4 Å². The molecule has 7 nitrogen and oxygen atoms in total. The Labute approximate surface area is 201 Å². The van der Waals surface area contributed by atoms with Gasteiger partial charge in [-0.1, -0.05) is 41.5 Å². The van der Waals surface area contributed by atoms with Crippen molar-refractivity contribution >= 4 is 21.6 Å². The first-order valence-electron chi connectivity index (χ1n) is 10.8. The molecule has 0 saturated carbocycles. The van der Waals surface area contributed by atoms with Crippen LogP contribution in [-0.4, -0.2) is 35.1 Å². The molecule has 0 aliphatic heterocycles. The maximum absolute atomic E-state index is 13.5. The first-order chi connectivity index (χ1) is 16.1. The number of sulfonamides is 1. The van der Waals surface area contributed by atoms with E-state index in [1.54, 1.807) is 62.8 Å². The lowest BCUT2D eigenvalue weighted by molar-refractivity contribution is -0.120. The van der Waals surface area contributed by atoms with Gasteiger partial charge in [0.05, 0.1) is 30.8 Å². The molecule has 0 heterocycles. The van der Waals surface area contributed by atoms with Crippen LogP contribution in [0, 0.1) is 13.8 Å². The quantitative estimate of drug-likeness (QED) is 0.489. The molecule has 1 N–H and O–H groups in total. The van der Waals surface area contributed by atoms with Crippen molar-refractivity contribution in [2.75, 3.05) is 25.1 Å². The molecule has 1 amide bonds. The summed E-state index contributed by atoms with van der Waals surface area (Å²) >= 11 is 0. The van der Waals surface area contributed by atoms with Crippen LogP contribution in [0.4, 0.5) is 5.69 Å². The molecule has 0 aliphatic rings. The molecule has 8 heteroatoms. The molecule has 34 heavy (non-hydrogen) atoms. The normalized spacial score (nSPS) is 12.0. The second kappa shape index (κ2) is 10.6. The van der Waals surface area contributed by atoms with Gasteiger partial charge in [-0.15, -0.1) is 0 Å². The number of hydrogen-bond acceptors (Lipinski definition) is 5. The van der Waals surface area contributed by atoms with Gasteiger partial charge in [-0.05, 0) is 62.7 Å². The van der Waals surface area contributed by atoms with E-state index in [0.29, 0.717) is 17.2 Å². The van der Waals surface area contributed by atoms with Crippen LogP contribution in [0.3, 0.4) is 0 Å². The van der Waals surface area contributed by atoms with Gasteiger partial charge in [-0.3, -0.25) is 9.10 Å². The van der Waals surface area contributed by atoms with Gasteiger partial charge in [-0.25, -0.2) is 8.42 Å². The number of methoxy groups -OCH3 is 2. The molecule has 0 radical (unpaired) electrons. The third-order valence-corrected chi connectivity index (χ3v) is 7.29. The molecule has 3 aromatic rings. The molecule has 0 saturated heterocycles. The van der Waals surface area contributed by atoms with Crippen LogP contribution in [0.15, 0.2) is 71.6 Å². The summed E-state index contributed by atoms with van der Waals surface area (Å²) in [5.74, 6) is 0.697. The number of carbonyl (C=O) groups is 1. The standard InChI is InChI=1S/C26H30N2O5S/c1-18-6-11-22(12-7-18)28(34(30,31)23-13-8-19(2)9-14-23)17-26(29)27-20(3)21-10-15-24(32-4)25(16-21)33-5/h6-16,20H,17H2,1-5H3,(H,27,29). The minimum absolute atomic E-state index is 0.124. The predicted octanol–water partition coefficient (Wildman–Crippen LogP) is 4.39. The van der Waals surface area contributed by atoms with E-state index in [-0.39, 0.29) is 17.5 Å². The third-order valence-electron chi connectivity index (χ3n) is 5.50. The van der Waals surface area contributed by atoms with Gasteiger partial charge in [0.15, 0.2) is 11.5 Å². The van der Waals surface area contributed by atoms with Gasteiger partial charge < -0.3 is 14.8 Å². The fourth-order valence-corrected chi connectivity index (χ4v) is 4.91. The number of benzene rings is 3. The second-order valence-electron chi connectivity index (χ2n) is 8.06. The Morgan fingerprint density at radius 3 is 2.00 bits per heavy atom. The Morgan fingerprint density at radius 1 is 0.882 bits per heavy atom. The van der Waals surface area contributed by atoms with Crippen LogP contribution >= 0.6 is 0 Å². The summed E-state index contributed by atoms with van der Waals surface area (Å²) in [4.78, 5) is 13.1. The summed E-state index contributed by atoms with van der Waals surface area (Å²) < 4.78 is 38.7. The van der Waals surface area contributed by atoms with Crippen LogP contribution < -0.4 is 19.1 Å². The van der Waals surface area contributed by atoms with E-state index in [2.05, 4.69) is 5.32 Å². The Balaban J connectivity index is 1.87.